The van der Waals surface area contributed by atoms with Crippen LogP contribution in [-0.4, -0.2) is 44.0 Å². The van der Waals surface area contributed by atoms with Gasteiger partial charge < -0.3 is 15.1 Å². The van der Waals surface area contributed by atoms with Crippen LogP contribution in [0.4, 0.5) is 10.1 Å². The molecule has 1 fully saturated rings. The van der Waals surface area contributed by atoms with Gasteiger partial charge in [0.15, 0.2) is 0 Å². The highest BCUT2D eigenvalue weighted by Crippen LogP contribution is 2.28. The van der Waals surface area contributed by atoms with Gasteiger partial charge in [0.25, 0.3) is 5.91 Å². The molecule has 2 aromatic rings. The second-order valence-electron chi connectivity index (χ2n) is 7.51. The van der Waals surface area contributed by atoms with Crippen molar-refractivity contribution < 1.29 is 9.18 Å². The Kier molecular flexibility index (Phi) is 5.80. The number of nitrogens with one attached hydrogen (secondary N) is 1. The first-order valence-electron chi connectivity index (χ1n) is 9.46. The van der Waals surface area contributed by atoms with Gasteiger partial charge in [-0.25, -0.2) is 4.39 Å². The van der Waals surface area contributed by atoms with Crippen molar-refractivity contribution in [2.45, 2.75) is 26.8 Å². The summed E-state index contributed by atoms with van der Waals surface area (Å²) in [5.74, 6) is -0.409. The van der Waals surface area contributed by atoms with Gasteiger partial charge in [-0.2, -0.15) is 0 Å². The predicted molar refractivity (Wildman–Crippen MR) is 108 cm³/mol. The van der Waals surface area contributed by atoms with E-state index in [1.165, 1.54) is 6.07 Å². The molecule has 144 valence electrons. The smallest absolute Gasteiger partial charge is 0.252 e. The van der Waals surface area contributed by atoms with Crippen LogP contribution in [0.5, 0.6) is 0 Å². The van der Waals surface area contributed by atoms with Crippen molar-refractivity contribution >= 4 is 11.6 Å². The fraction of sp³-hybridized carbons (Fsp3) is 0.409. The van der Waals surface area contributed by atoms with E-state index in [0.29, 0.717) is 5.56 Å². The maximum atomic E-state index is 14.0. The number of halogens is 1. The zero-order valence-electron chi connectivity index (χ0n) is 16.6. The Morgan fingerprint density at radius 3 is 2.48 bits per heavy atom. The van der Waals surface area contributed by atoms with Crippen LogP contribution < -0.4 is 10.2 Å². The fourth-order valence-electron chi connectivity index (χ4n) is 3.54. The van der Waals surface area contributed by atoms with E-state index in [0.717, 1.165) is 48.6 Å². The minimum atomic E-state index is -0.289. The Morgan fingerprint density at radius 1 is 1.07 bits per heavy atom. The lowest BCUT2D eigenvalue weighted by Gasteiger charge is -2.36. The van der Waals surface area contributed by atoms with E-state index >= 15 is 0 Å². The summed E-state index contributed by atoms with van der Waals surface area (Å²) in [5, 5.41) is 3.05. The molecular formula is C22H28FN3O. The normalized spacial score (nSPS) is 16.3. The molecule has 1 atom stereocenters. The number of hydrogen-bond acceptors (Lipinski definition) is 3. The van der Waals surface area contributed by atoms with Crippen LogP contribution in [0.15, 0.2) is 36.4 Å². The average molecular weight is 369 g/mol. The lowest BCUT2D eigenvalue weighted by molar-refractivity contribution is 0.0939. The fourth-order valence-corrected chi connectivity index (χ4v) is 3.54. The number of likely N-dealkylation sites (N-methyl/N-ethyl adjacent to an activating group) is 1. The molecule has 0 aromatic heterocycles. The second kappa shape index (κ2) is 8.09. The van der Waals surface area contributed by atoms with Gasteiger partial charge in [0.1, 0.15) is 5.82 Å². The van der Waals surface area contributed by atoms with Crippen molar-refractivity contribution in [2.75, 3.05) is 38.1 Å². The van der Waals surface area contributed by atoms with Crippen LogP contribution in [0, 0.1) is 19.7 Å². The van der Waals surface area contributed by atoms with E-state index in [9.17, 15) is 9.18 Å². The highest BCUT2D eigenvalue weighted by molar-refractivity contribution is 5.96. The molecule has 1 N–H and O–H groups in total. The first-order valence-corrected chi connectivity index (χ1v) is 9.46. The molecule has 5 heteroatoms. The zero-order valence-corrected chi connectivity index (χ0v) is 16.6. The highest BCUT2D eigenvalue weighted by atomic mass is 19.1. The monoisotopic (exact) mass is 369 g/mol. The van der Waals surface area contributed by atoms with Crippen LogP contribution in [0.25, 0.3) is 0 Å². The largest absolute Gasteiger partial charge is 0.369 e. The maximum Gasteiger partial charge on any atom is 0.252 e. The third kappa shape index (κ3) is 4.48. The molecule has 0 spiro atoms. The minimum Gasteiger partial charge on any atom is -0.369 e. The average Bonchev–Trinajstić information content (AvgIpc) is 2.64. The van der Waals surface area contributed by atoms with E-state index in [2.05, 4.69) is 22.2 Å². The van der Waals surface area contributed by atoms with Crippen molar-refractivity contribution in [3.05, 3.63) is 64.5 Å². The Balaban J connectivity index is 1.83. The third-order valence-corrected chi connectivity index (χ3v) is 5.29. The van der Waals surface area contributed by atoms with E-state index < -0.39 is 0 Å². The topological polar surface area (TPSA) is 35.6 Å². The third-order valence-electron chi connectivity index (χ3n) is 5.29. The summed E-state index contributed by atoms with van der Waals surface area (Å²) < 4.78 is 14.0. The molecule has 1 aliphatic heterocycles. The van der Waals surface area contributed by atoms with E-state index in [1.807, 2.05) is 45.0 Å². The van der Waals surface area contributed by atoms with Crippen molar-refractivity contribution in [2.24, 2.45) is 0 Å². The quantitative estimate of drug-likeness (QED) is 0.893. The van der Waals surface area contributed by atoms with Gasteiger partial charge in [-0.05, 0) is 57.6 Å². The summed E-state index contributed by atoms with van der Waals surface area (Å²) in [6.07, 6.45) is 0. The maximum absolute atomic E-state index is 14.0. The summed E-state index contributed by atoms with van der Waals surface area (Å²) in [6, 6.07) is 10.4. The molecule has 1 heterocycles. The van der Waals surface area contributed by atoms with E-state index in [4.69, 9.17) is 0 Å². The van der Waals surface area contributed by atoms with Crippen LogP contribution in [0.3, 0.4) is 0 Å². The number of carbonyl (C=O) groups is 1. The SMILES string of the molecule is Cc1ccc(C)c(C(=O)NC(C)c2cc(F)ccc2N2CCN(C)CC2)c1. The highest BCUT2D eigenvalue weighted by Gasteiger charge is 2.22. The molecule has 27 heavy (non-hydrogen) atoms. The summed E-state index contributed by atoms with van der Waals surface area (Å²) >= 11 is 0. The lowest BCUT2D eigenvalue weighted by Crippen LogP contribution is -2.45. The molecule has 1 saturated heterocycles. The number of hydrogen-bond donors (Lipinski definition) is 1. The molecule has 4 nitrogen and oxygen atoms in total. The van der Waals surface area contributed by atoms with E-state index in [-0.39, 0.29) is 17.8 Å². The first kappa shape index (κ1) is 19.4. The molecule has 0 bridgehead atoms. The number of rotatable bonds is 4. The number of anilines is 1. The number of piperazine rings is 1. The van der Waals surface area contributed by atoms with Gasteiger partial charge in [-0.3, -0.25) is 4.79 Å². The predicted octanol–water partition coefficient (Wildman–Crippen LogP) is 3.69. The van der Waals surface area contributed by atoms with Gasteiger partial charge in [-0.15, -0.1) is 0 Å². The second-order valence-corrected chi connectivity index (χ2v) is 7.51. The van der Waals surface area contributed by atoms with E-state index in [1.54, 1.807) is 6.07 Å². The van der Waals surface area contributed by atoms with Crippen molar-refractivity contribution in [1.29, 1.82) is 0 Å². The van der Waals surface area contributed by atoms with Crippen molar-refractivity contribution in [3.63, 3.8) is 0 Å². The number of aryl methyl sites for hydroxylation is 2. The zero-order chi connectivity index (χ0) is 19.6. The Morgan fingerprint density at radius 2 is 1.78 bits per heavy atom. The molecule has 1 unspecified atom stereocenters. The summed E-state index contributed by atoms with van der Waals surface area (Å²) in [6.45, 7) is 9.55. The summed E-state index contributed by atoms with van der Waals surface area (Å²) in [7, 11) is 2.11. The molecule has 2 aromatic carbocycles. The van der Waals surface area contributed by atoms with Gasteiger partial charge in [0, 0.05) is 43.0 Å². The molecule has 1 amide bonds. The first-order chi connectivity index (χ1) is 12.8. The molecule has 0 aliphatic carbocycles. The van der Waals surface area contributed by atoms with Crippen LogP contribution >= 0.6 is 0 Å². The van der Waals surface area contributed by atoms with Crippen LogP contribution in [-0.2, 0) is 0 Å². The van der Waals surface area contributed by atoms with Crippen molar-refractivity contribution in [1.82, 2.24) is 10.2 Å². The Bertz CT molecular complexity index is 828. The van der Waals surface area contributed by atoms with Crippen LogP contribution in [0.1, 0.15) is 40.0 Å². The minimum absolute atomic E-state index is 0.128. The molecule has 0 radical (unpaired) electrons. The van der Waals surface area contributed by atoms with Crippen LogP contribution in [0.2, 0.25) is 0 Å². The molecule has 1 aliphatic rings. The molecular weight excluding hydrogens is 341 g/mol. The summed E-state index contributed by atoms with van der Waals surface area (Å²) in [5.41, 5.74) is 4.46. The van der Waals surface area contributed by atoms with Crippen molar-refractivity contribution in [3.8, 4) is 0 Å². The lowest BCUT2D eigenvalue weighted by atomic mass is 10.0. The number of nitrogens with zero attached hydrogens (tertiary/aromatic N) is 2. The number of benzene rings is 2. The summed E-state index contributed by atoms with van der Waals surface area (Å²) in [4.78, 5) is 17.3. The molecule has 0 saturated carbocycles. The number of carbonyl (C=O) groups excluding carboxylic acids is 1. The van der Waals surface area contributed by atoms with Gasteiger partial charge in [-0.1, -0.05) is 17.7 Å². The Labute approximate surface area is 161 Å². The Hall–Kier alpha value is -2.40. The van der Waals surface area contributed by atoms with Gasteiger partial charge >= 0.3 is 0 Å². The number of amides is 1. The molecule has 3 rings (SSSR count). The van der Waals surface area contributed by atoms with Gasteiger partial charge in [0.2, 0.25) is 0 Å². The van der Waals surface area contributed by atoms with Gasteiger partial charge in [0.05, 0.1) is 6.04 Å². The standard InChI is InChI=1S/C22H28FN3O/c1-15-5-6-16(2)19(13-15)22(27)24-17(3)20-14-18(23)7-8-21(20)26-11-9-25(4)10-12-26/h5-8,13-14,17H,9-12H2,1-4H3,(H,24,27).